The first-order chi connectivity index (χ1) is 11.6. The fourth-order valence-corrected chi connectivity index (χ4v) is 25.0. The zero-order chi connectivity index (χ0) is 19.2. The number of ether oxygens (including phenoxy) is 1. The Bertz CT molecular complexity index is 392. The molecule has 25 heavy (non-hydrogen) atoms. The first-order valence-electron chi connectivity index (χ1n) is 9.95. The lowest BCUT2D eigenvalue weighted by molar-refractivity contribution is 0.133. The van der Waals surface area contributed by atoms with Crippen LogP contribution >= 0.6 is 0 Å². The van der Waals surface area contributed by atoms with E-state index in [9.17, 15) is 0 Å². The molecule has 1 fully saturated rings. The summed E-state index contributed by atoms with van der Waals surface area (Å²) in [5.74, 6) is 0. The molecule has 1 saturated heterocycles. The largest absolute Gasteiger partial charge is 0.416 e. The summed E-state index contributed by atoms with van der Waals surface area (Å²) in [4.78, 5) is 0. The molecule has 5 nitrogen and oxygen atoms in total. The standard InChI is InChI=1S/C16H40O5Si4/c1-9-14-17-15-13-16-25(8)20-23(6,11-3)18-22(5,10-2)19-24(7,12-4)21-25/h9-16H2,1-8H3. The van der Waals surface area contributed by atoms with Gasteiger partial charge < -0.3 is 21.2 Å². The van der Waals surface area contributed by atoms with Gasteiger partial charge in [-0.15, -0.1) is 0 Å². The Labute approximate surface area is 159 Å². The molecule has 2 unspecified atom stereocenters. The molecule has 9 heteroatoms. The summed E-state index contributed by atoms with van der Waals surface area (Å²) in [5, 5.41) is 0. The SMILES string of the molecule is CCCOCCC[Si]1(C)O[Si](C)(CC)O[Si](C)(CC)O[Si](C)(CC)O1. The topological polar surface area (TPSA) is 46.2 Å². The van der Waals surface area contributed by atoms with E-state index in [-0.39, 0.29) is 0 Å². The zero-order valence-electron chi connectivity index (χ0n) is 17.7. The van der Waals surface area contributed by atoms with Crippen molar-refractivity contribution in [3.05, 3.63) is 0 Å². The minimum Gasteiger partial charge on any atom is -0.416 e. The smallest absolute Gasteiger partial charge is 0.317 e. The van der Waals surface area contributed by atoms with Gasteiger partial charge in [-0.2, -0.15) is 0 Å². The molecule has 150 valence electrons. The zero-order valence-corrected chi connectivity index (χ0v) is 21.7. The second kappa shape index (κ2) is 9.74. The van der Waals surface area contributed by atoms with E-state index >= 15 is 0 Å². The van der Waals surface area contributed by atoms with Crippen molar-refractivity contribution in [2.75, 3.05) is 13.2 Å². The van der Waals surface area contributed by atoms with Gasteiger partial charge in [-0.1, -0.05) is 27.7 Å². The first kappa shape index (κ1) is 23.7. The van der Waals surface area contributed by atoms with Crippen molar-refractivity contribution >= 4 is 34.2 Å². The Morgan fingerprint density at radius 3 is 1.36 bits per heavy atom. The molecule has 1 rings (SSSR count). The summed E-state index contributed by atoms with van der Waals surface area (Å²) >= 11 is 0. The van der Waals surface area contributed by atoms with Crippen LogP contribution in [0, 0.1) is 0 Å². The minimum absolute atomic E-state index is 0.779. The molecule has 0 radical (unpaired) electrons. The van der Waals surface area contributed by atoms with Crippen molar-refractivity contribution < 1.29 is 21.2 Å². The van der Waals surface area contributed by atoms with Gasteiger partial charge in [0, 0.05) is 13.2 Å². The summed E-state index contributed by atoms with van der Waals surface area (Å²) in [7, 11) is -9.16. The summed E-state index contributed by atoms with van der Waals surface area (Å²) < 4.78 is 32.6. The molecule has 0 aromatic heterocycles. The van der Waals surface area contributed by atoms with Crippen molar-refractivity contribution in [2.24, 2.45) is 0 Å². The van der Waals surface area contributed by atoms with Crippen molar-refractivity contribution in [1.82, 2.24) is 0 Å². The maximum absolute atomic E-state index is 6.78. The lowest BCUT2D eigenvalue weighted by Crippen LogP contribution is -2.66. The van der Waals surface area contributed by atoms with E-state index in [1.165, 1.54) is 0 Å². The lowest BCUT2D eigenvalue weighted by Gasteiger charge is -2.50. The van der Waals surface area contributed by atoms with Crippen LogP contribution in [0.15, 0.2) is 0 Å². The van der Waals surface area contributed by atoms with Crippen LogP contribution in [-0.2, 0) is 21.2 Å². The number of hydrogen-bond acceptors (Lipinski definition) is 5. The van der Waals surface area contributed by atoms with Crippen LogP contribution in [0.1, 0.15) is 40.5 Å². The van der Waals surface area contributed by atoms with Crippen LogP contribution in [0.25, 0.3) is 0 Å². The monoisotopic (exact) mass is 424 g/mol. The normalized spacial score (nSPS) is 39.8. The lowest BCUT2D eigenvalue weighted by atomic mass is 10.5. The van der Waals surface area contributed by atoms with Crippen LogP contribution < -0.4 is 0 Å². The molecule has 1 heterocycles. The molecule has 0 N–H and O–H groups in total. The maximum Gasteiger partial charge on any atom is 0.317 e. The molecule has 0 aromatic carbocycles. The maximum atomic E-state index is 6.78. The third kappa shape index (κ3) is 7.30. The van der Waals surface area contributed by atoms with Crippen LogP contribution in [0.2, 0.25) is 50.4 Å². The van der Waals surface area contributed by atoms with Gasteiger partial charge in [0.2, 0.25) is 0 Å². The van der Waals surface area contributed by atoms with Crippen LogP contribution in [0.5, 0.6) is 0 Å². The minimum atomic E-state index is -2.35. The predicted octanol–water partition coefficient (Wildman–Crippen LogP) is 5.23. The summed E-state index contributed by atoms with van der Waals surface area (Å²) in [5.41, 5.74) is 0. The molecular formula is C16H40O5Si4. The van der Waals surface area contributed by atoms with Gasteiger partial charge in [0.1, 0.15) is 0 Å². The highest BCUT2D eigenvalue weighted by atomic mass is 28.5. The summed E-state index contributed by atoms with van der Waals surface area (Å²) in [6.07, 6.45) is 2.04. The van der Waals surface area contributed by atoms with Crippen LogP contribution in [0.4, 0.5) is 0 Å². The second-order valence-corrected chi connectivity index (χ2v) is 22.7. The van der Waals surface area contributed by atoms with Gasteiger partial charge in [0.05, 0.1) is 0 Å². The molecule has 1 aliphatic heterocycles. The Morgan fingerprint density at radius 1 is 0.600 bits per heavy atom. The molecule has 0 aromatic rings. The fraction of sp³-hybridized carbons (Fsp3) is 1.00. The summed E-state index contributed by atoms with van der Waals surface area (Å²) in [6.45, 7) is 19.0. The van der Waals surface area contributed by atoms with Gasteiger partial charge in [0.15, 0.2) is 0 Å². The highest BCUT2D eigenvalue weighted by molar-refractivity contribution is 6.93. The van der Waals surface area contributed by atoms with Crippen LogP contribution in [0.3, 0.4) is 0 Å². The van der Waals surface area contributed by atoms with E-state index in [1.807, 2.05) is 0 Å². The van der Waals surface area contributed by atoms with Crippen molar-refractivity contribution in [3.63, 3.8) is 0 Å². The first-order valence-corrected chi connectivity index (χ1v) is 20.0. The van der Waals surface area contributed by atoms with E-state index in [0.717, 1.165) is 50.2 Å². The Kier molecular flexibility index (Phi) is 9.23. The van der Waals surface area contributed by atoms with E-state index in [4.69, 9.17) is 21.2 Å². The van der Waals surface area contributed by atoms with Crippen molar-refractivity contribution in [3.8, 4) is 0 Å². The molecule has 0 amide bonds. The Morgan fingerprint density at radius 2 is 1.00 bits per heavy atom. The van der Waals surface area contributed by atoms with Crippen molar-refractivity contribution in [2.45, 2.75) is 90.9 Å². The van der Waals surface area contributed by atoms with Gasteiger partial charge in [-0.05, 0) is 63.2 Å². The number of rotatable bonds is 9. The highest BCUT2D eigenvalue weighted by Crippen LogP contribution is 2.36. The second-order valence-electron chi connectivity index (χ2n) is 7.72. The van der Waals surface area contributed by atoms with E-state index in [0.29, 0.717) is 0 Å². The molecule has 0 aliphatic carbocycles. The van der Waals surface area contributed by atoms with Gasteiger partial charge >= 0.3 is 34.2 Å². The number of hydrogen-bond donors (Lipinski definition) is 0. The molecule has 0 spiro atoms. The fourth-order valence-electron chi connectivity index (χ4n) is 3.19. The van der Waals surface area contributed by atoms with Crippen LogP contribution in [-0.4, -0.2) is 47.5 Å². The molecule has 2 atom stereocenters. The van der Waals surface area contributed by atoms with Gasteiger partial charge in [-0.3, -0.25) is 0 Å². The Hall–Kier alpha value is 0.668. The molecule has 1 aliphatic rings. The van der Waals surface area contributed by atoms with Gasteiger partial charge in [0.25, 0.3) is 0 Å². The van der Waals surface area contributed by atoms with Gasteiger partial charge in [-0.25, -0.2) is 0 Å². The quantitative estimate of drug-likeness (QED) is 0.374. The van der Waals surface area contributed by atoms with E-state index < -0.39 is 34.2 Å². The Balaban J connectivity index is 2.96. The molecular weight excluding hydrogens is 385 g/mol. The average Bonchev–Trinajstić information content (AvgIpc) is 2.53. The predicted molar refractivity (Wildman–Crippen MR) is 113 cm³/mol. The average molecular weight is 425 g/mol. The highest BCUT2D eigenvalue weighted by Gasteiger charge is 2.55. The summed E-state index contributed by atoms with van der Waals surface area (Å²) in [6, 6.07) is 3.75. The van der Waals surface area contributed by atoms with E-state index in [2.05, 4.69) is 53.9 Å². The van der Waals surface area contributed by atoms with Crippen molar-refractivity contribution in [1.29, 1.82) is 0 Å². The third-order valence-electron chi connectivity index (χ3n) is 4.92. The molecule has 0 saturated carbocycles. The third-order valence-corrected chi connectivity index (χ3v) is 23.9. The molecule has 0 bridgehead atoms. The van der Waals surface area contributed by atoms with E-state index in [1.54, 1.807) is 0 Å².